The molecule has 2 rings (SSSR count). The average Bonchev–Trinajstić information content (AvgIpc) is 2.98. The summed E-state index contributed by atoms with van der Waals surface area (Å²) in [6.45, 7) is 0.211. The zero-order valence-electron chi connectivity index (χ0n) is 12.0. The lowest BCUT2D eigenvalue weighted by Crippen LogP contribution is -2.15. The average molecular weight is 415 g/mol. The van der Waals surface area contributed by atoms with Gasteiger partial charge in [0.05, 0.1) is 0 Å². The molecule has 126 valence electrons. The fourth-order valence-corrected chi connectivity index (χ4v) is 2.30. The maximum atomic E-state index is 11.1. The fraction of sp³-hybridized carbons (Fsp3) is 0.0714. The van der Waals surface area contributed by atoms with Crippen LogP contribution in [0.25, 0.3) is 0 Å². The highest BCUT2D eigenvalue weighted by Crippen LogP contribution is 2.16. The lowest BCUT2D eigenvalue weighted by molar-refractivity contribution is -0.143. The number of aldehydes is 1. The number of hydrogen-bond donors (Lipinski definition) is 2. The van der Waals surface area contributed by atoms with Crippen molar-refractivity contribution in [2.24, 2.45) is 5.16 Å². The number of rotatable bonds is 6. The zero-order valence-corrected chi connectivity index (χ0v) is 14.4. The first-order valence-corrected chi connectivity index (χ1v) is 7.88. The molecule has 8 nitrogen and oxygen atoms in total. The van der Waals surface area contributed by atoms with Crippen LogP contribution in [-0.2, 0) is 25.8 Å². The van der Waals surface area contributed by atoms with Crippen LogP contribution in [0.2, 0.25) is 0 Å². The molecule has 0 amide bonds. The van der Waals surface area contributed by atoms with Crippen molar-refractivity contribution in [1.82, 2.24) is 4.98 Å². The van der Waals surface area contributed by atoms with Crippen LogP contribution in [0.15, 0.2) is 44.8 Å². The van der Waals surface area contributed by atoms with E-state index in [1.165, 1.54) is 11.3 Å². The van der Waals surface area contributed by atoms with Gasteiger partial charge in [-0.1, -0.05) is 35.5 Å². The number of oxime groups is 1. The Kier molecular flexibility index (Phi) is 8.30. The van der Waals surface area contributed by atoms with E-state index < -0.39 is 11.9 Å². The Morgan fingerprint density at radius 2 is 1.92 bits per heavy atom. The number of hydrogen-bond acceptors (Lipinski definition) is 7. The number of benzene rings is 1. The summed E-state index contributed by atoms with van der Waals surface area (Å²) in [5.74, 6) is -2.60. The van der Waals surface area contributed by atoms with Gasteiger partial charge in [-0.05, 0) is 21.5 Å². The molecule has 0 bridgehead atoms. The second-order valence-electron chi connectivity index (χ2n) is 3.95. The molecule has 10 heteroatoms. The molecule has 0 radical (unpaired) electrons. The van der Waals surface area contributed by atoms with Crippen LogP contribution in [0.3, 0.4) is 0 Å². The number of halogens is 1. The van der Waals surface area contributed by atoms with Crippen LogP contribution in [0.4, 0.5) is 0 Å². The highest BCUT2D eigenvalue weighted by Gasteiger charge is 2.17. The number of aromatic nitrogens is 1. The van der Waals surface area contributed by atoms with Crippen LogP contribution in [0, 0.1) is 0 Å². The van der Waals surface area contributed by atoms with Crippen LogP contribution in [0.1, 0.15) is 11.3 Å². The van der Waals surface area contributed by atoms with Crippen molar-refractivity contribution in [3.05, 3.63) is 50.9 Å². The summed E-state index contributed by atoms with van der Waals surface area (Å²) in [6.07, 6.45) is -0.167. The lowest BCUT2D eigenvalue weighted by atomic mass is 10.2. The zero-order chi connectivity index (χ0) is 17.9. The molecule has 0 saturated heterocycles. The number of nitrogens with zero attached hydrogens (tertiary/aromatic N) is 2. The molecular formula is C14H11BrN2O6S. The molecule has 0 fully saturated rings. The number of carboxylic acid groups (broad SMARTS) is 2. The van der Waals surface area contributed by atoms with Gasteiger partial charge in [-0.15, -0.1) is 11.3 Å². The Balaban J connectivity index is 0.000000505. The van der Waals surface area contributed by atoms with Gasteiger partial charge < -0.3 is 15.1 Å². The summed E-state index contributed by atoms with van der Waals surface area (Å²) >= 11 is 4.46. The van der Waals surface area contributed by atoms with Crippen molar-refractivity contribution in [1.29, 1.82) is 0 Å². The second-order valence-corrected chi connectivity index (χ2v) is 6.08. The molecule has 1 aromatic heterocycles. The number of carbonyl (C=O) groups is 3. The van der Waals surface area contributed by atoms with Gasteiger partial charge in [0, 0.05) is 5.38 Å². The minimum absolute atomic E-state index is 0.167. The minimum Gasteiger partial charge on any atom is -0.476 e. The van der Waals surface area contributed by atoms with E-state index in [9.17, 15) is 4.79 Å². The van der Waals surface area contributed by atoms with Gasteiger partial charge in [-0.3, -0.25) is 4.79 Å². The van der Waals surface area contributed by atoms with Crippen LogP contribution in [0.5, 0.6) is 0 Å². The van der Waals surface area contributed by atoms with E-state index in [2.05, 4.69) is 26.1 Å². The molecule has 24 heavy (non-hydrogen) atoms. The molecular weight excluding hydrogens is 404 g/mol. The Morgan fingerprint density at radius 1 is 1.29 bits per heavy atom. The predicted molar refractivity (Wildman–Crippen MR) is 88.9 cm³/mol. The Labute approximate surface area is 148 Å². The first kappa shape index (κ1) is 19.5. The molecule has 1 aromatic carbocycles. The molecule has 0 aliphatic rings. The van der Waals surface area contributed by atoms with Gasteiger partial charge in [-0.25, -0.2) is 14.6 Å². The summed E-state index contributed by atoms with van der Waals surface area (Å²) in [6, 6.07) is 9.38. The van der Waals surface area contributed by atoms with E-state index in [0.717, 1.165) is 5.56 Å². The third-order valence-corrected chi connectivity index (χ3v) is 3.62. The second kappa shape index (κ2) is 10.2. The molecule has 2 N–H and O–H groups in total. The van der Waals surface area contributed by atoms with Crippen molar-refractivity contribution < 1.29 is 29.4 Å². The van der Waals surface area contributed by atoms with Gasteiger partial charge in [0.1, 0.15) is 12.3 Å². The maximum absolute atomic E-state index is 11.1. The number of carboxylic acids is 2. The van der Waals surface area contributed by atoms with E-state index in [0.29, 0.717) is 3.92 Å². The minimum atomic E-state index is -1.43. The molecule has 0 unspecified atom stereocenters. The van der Waals surface area contributed by atoms with Crippen molar-refractivity contribution >= 4 is 51.2 Å². The summed E-state index contributed by atoms with van der Waals surface area (Å²) in [5, 5.41) is 21.7. The van der Waals surface area contributed by atoms with Gasteiger partial charge in [-0.2, -0.15) is 0 Å². The molecule has 0 atom stereocenters. The van der Waals surface area contributed by atoms with E-state index in [1.54, 1.807) is 5.38 Å². The van der Waals surface area contributed by atoms with E-state index in [-0.39, 0.29) is 24.3 Å². The first-order valence-electron chi connectivity index (χ1n) is 6.20. The normalized spacial score (nSPS) is 10.3. The standard InChI is InChI=1S/C12H9BrN2O3S.C2H2O3/c13-12-14-9(7-19-12)10(11(16)17)15-18-6-8-4-2-1-3-5-8;3-1-2(4)5/h1-5,7H,6H2,(H,16,17);1H,(H,4,5)/b15-10-;. The van der Waals surface area contributed by atoms with Gasteiger partial charge >= 0.3 is 11.9 Å². The smallest absolute Gasteiger partial charge is 0.368 e. The van der Waals surface area contributed by atoms with Crippen LogP contribution < -0.4 is 0 Å². The lowest BCUT2D eigenvalue weighted by Gasteiger charge is -2.01. The number of aliphatic carboxylic acids is 2. The Hall–Kier alpha value is -2.59. The number of thiazole rings is 1. The predicted octanol–water partition coefficient (Wildman–Crippen LogP) is 2.18. The van der Waals surface area contributed by atoms with Crippen LogP contribution >= 0.6 is 27.3 Å². The van der Waals surface area contributed by atoms with Crippen molar-refractivity contribution in [3.63, 3.8) is 0 Å². The number of carbonyl (C=O) groups excluding carboxylic acids is 1. The molecule has 2 aromatic rings. The van der Waals surface area contributed by atoms with Crippen molar-refractivity contribution in [2.75, 3.05) is 0 Å². The fourth-order valence-electron chi connectivity index (χ4n) is 1.30. The highest BCUT2D eigenvalue weighted by molar-refractivity contribution is 9.11. The van der Waals surface area contributed by atoms with Gasteiger partial charge in [0.15, 0.2) is 3.92 Å². The summed E-state index contributed by atoms with van der Waals surface area (Å²) in [5.41, 5.74) is 0.978. The topological polar surface area (TPSA) is 126 Å². The van der Waals surface area contributed by atoms with E-state index in [1.807, 2.05) is 30.3 Å². The van der Waals surface area contributed by atoms with Crippen molar-refractivity contribution in [2.45, 2.75) is 6.61 Å². The SMILES string of the molecule is O=C(O)/C(=N\OCc1ccccc1)c1csc(Br)n1.O=CC(=O)O. The summed E-state index contributed by atoms with van der Waals surface area (Å²) in [7, 11) is 0. The van der Waals surface area contributed by atoms with Crippen LogP contribution in [-0.4, -0.2) is 39.1 Å². The van der Waals surface area contributed by atoms with Crippen molar-refractivity contribution in [3.8, 4) is 0 Å². The summed E-state index contributed by atoms with van der Waals surface area (Å²) < 4.78 is 0.597. The van der Waals surface area contributed by atoms with E-state index in [4.69, 9.17) is 24.6 Å². The van der Waals surface area contributed by atoms with E-state index >= 15 is 0 Å². The molecule has 1 heterocycles. The Bertz CT molecular complexity index is 732. The maximum Gasteiger partial charge on any atom is 0.368 e. The monoisotopic (exact) mass is 414 g/mol. The third kappa shape index (κ3) is 7.11. The Morgan fingerprint density at radius 3 is 2.38 bits per heavy atom. The quantitative estimate of drug-likeness (QED) is 0.321. The van der Waals surface area contributed by atoms with Gasteiger partial charge in [0.25, 0.3) is 0 Å². The third-order valence-electron chi connectivity index (χ3n) is 2.25. The largest absolute Gasteiger partial charge is 0.476 e. The highest BCUT2D eigenvalue weighted by atomic mass is 79.9. The molecule has 0 aliphatic heterocycles. The summed E-state index contributed by atoms with van der Waals surface area (Å²) in [4.78, 5) is 38.1. The molecule has 0 aliphatic carbocycles. The van der Waals surface area contributed by atoms with Gasteiger partial charge in [0.2, 0.25) is 12.0 Å². The first-order chi connectivity index (χ1) is 11.4. The molecule has 0 spiro atoms. The molecule has 0 saturated carbocycles.